The number of rotatable bonds is 5. The number of aryl methyl sites for hydroxylation is 2. The second-order valence-corrected chi connectivity index (χ2v) is 7.14. The number of benzene rings is 2. The van der Waals surface area contributed by atoms with Gasteiger partial charge < -0.3 is 10.1 Å². The molecule has 0 fully saturated rings. The maximum Gasteiger partial charge on any atom is 0.278 e. The van der Waals surface area contributed by atoms with Crippen molar-refractivity contribution in [3.8, 4) is 16.9 Å². The van der Waals surface area contributed by atoms with Crippen LogP contribution in [0.1, 0.15) is 28.8 Å². The quantitative estimate of drug-likeness (QED) is 0.510. The third kappa shape index (κ3) is 3.48. The number of halogens is 1. The van der Waals surface area contributed by atoms with Crippen molar-refractivity contribution in [3.63, 3.8) is 0 Å². The minimum Gasteiger partial charge on any atom is -0.495 e. The van der Waals surface area contributed by atoms with Crippen molar-refractivity contribution in [2.24, 2.45) is 0 Å². The summed E-state index contributed by atoms with van der Waals surface area (Å²) in [5.74, 6) is 0.183. The highest BCUT2D eigenvalue weighted by atomic mass is 35.5. The van der Waals surface area contributed by atoms with E-state index in [4.69, 9.17) is 16.3 Å². The van der Waals surface area contributed by atoms with E-state index in [-0.39, 0.29) is 11.6 Å². The monoisotopic (exact) mass is 421 g/mol. The number of carbonyl (C=O) groups is 1. The van der Waals surface area contributed by atoms with Crippen molar-refractivity contribution in [2.45, 2.75) is 20.3 Å². The highest BCUT2D eigenvalue weighted by Gasteiger charge is 2.21. The van der Waals surface area contributed by atoms with Crippen molar-refractivity contribution in [1.29, 1.82) is 0 Å². The fourth-order valence-corrected chi connectivity index (χ4v) is 3.47. The van der Waals surface area contributed by atoms with E-state index in [1.807, 2.05) is 43.3 Å². The molecule has 2 aromatic carbocycles. The number of nitrogens with zero attached hydrogens (tertiary/aromatic N) is 4. The average molecular weight is 422 g/mol. The van der Waals surface area contributed by atoms with Crippen LogP contribution in [0.25, 0.3) is 16.8 Å². The predicted octanol–water partition coefficient (Wildman–Crippen LogP) is 4.58. The van der Waals surface area contributed by atoms with E-state index in [0.29, 0.717) is 34.2 Å². The van der Waals surface area contributed by atoms with Gasteiger partial charge in [-0.05, 0) is 43.2 Å². The summed E-state index contributed by atoms with van der Waals surface area (Å²) in [6.45, 7) is 3.83. The van der Waals surface area contributed by atoms with E-state index in [1.54, 1.807) is 30.7 Å². The van der Waals surface area contributed by atoms with Gasteiger partial charge in [0.1, 0.15) is 5.75 Å². The molecule has 0 spiro atoms. The molecule has 0 atom stereocenters. The lowest BCUT2D eigenvalue weighted by Gasteiger charge is -2.10. The second kappa shape index (κ2) is 8.12. The normalized spacial score (nSPS) is 10.9. The molecule has 0 bridgehead atoms. The molecule has 4 aromatic rings. The molecule has 7 nitrogen and oxygen atoms in total. The molecule has 1 amide bonds. The van der Waals surface area contributed by atoms with Crippen LogP contribution in [-0.2, 0) is 6.42 Å². The predicted molar refractivity (Wildman–Crippen MR) is 116 cm³/mol. The summed E-state index contributed by atoms with van der Waals surface area (Å²) in [4.78, 5) is 12.9. The number of anilines is 1. The van der Waals surface area contributed by atoms with Gasteiger partial charge in [0.25, 0.3) is 5.91 Å². The SMILES string of the molecule is CCc1nn2c(C)c(C(=O)Nc3ccccc3OC)nnc2c1-c1ccc(Cl)cc1. The first kappa shape index (κ1) is 19.8. The molecule has 2 heterocycles. The van der Waals surface area contributed by atoms with Crippen LogP contribution < -0.4 is 10.1 Å². The average Bonchev–Trinajstić information content (AvgIpc) is 3.14. The molecule has 0 aliphatic heterocycles. The molecule has 8 heteroatoms. The number of hydrogen-bond donors (Lipinski definition) is 1. The molecule has 0 saturated heterocycles. The van der Waals surface area contributed by atoms with Gasteiger partial charge in [-0.15, -0.1) is 10.2 Å². The van der Waals surface area contributed by atoms with Gasteiger partial charge in [-0.3, -0.25) is 4.79 Å². The van der Waals surface area contributed by atoms with Gasteiger partial charge in [0.15, 0.2) is 11.3 Å². The third-order valence-corrected chi connectivity index (χ3v) is 5.13. The van der Waals surface area contributed by atoms with Crippen LogP contribution in [-0.4, -0.2) is 32.8 Å². The number of hydrogen-bond acceptors (Lipinski definition) is 5. The number of carbonyl (C=O) groups excluding carboxylic acids is 1. The Labute approximate surface area is 178 Å². The van der Waals surface area contributed by atoms with E-state index in [9.17, 15) is 4.79 Å². The summed E-state index contributed by atoms with van der Waals surface area (Å²) in [6, 6.07) is 14.7. The molecule has 152 valence electrons. The second-order valence-electron chi connectivity index (χ2n) is 6.71. The largest absolute Gasteiger partial charge is 0.495 e. The Morgan fingerprint density at radius 3 is 2.57 bits per heavy atom. The first-order valence-corrected chi connectivity index (χ1v) is 9.86. The van der Waals surface area contributed by atoms with Gasteiger partial charge in [0.2, 0.25) is 0 Å². The Hall–Kier alpha value is -3.45. The Morgan fingerprint density at radius 1 is 1.13 bits per heavy atom. The summed E-state index contributed by atoms with van der Waals surface area (Å²) in [5.41, 5.74) is 4.66. The van der Waals surface area contributed by atoms with Crippen molar-refractivity contribution in [2.75, 3.05) is 12.4 Å². The topological polar surface area (TPSA) is 81.4 Å². The van der Waals surface area contributed by atoms with Gasteiger partial charge in [-0.1, -0.05) is 42.8 Å². The molecule has 0 aliphatic carbocycles. The zero-order valence-corrected chi connectivity index (χ0v) is 17.6. The Balaban J connectivity index is 1.78. The summed E-state index contributed by atoms with van der Waals surface area (Å²) >= 11 is 6.03. The maximum absolute atomic E-state index is 12.9. The molecule has 2 aromatic heterocycles. The summed E-state index contributed by atoms with van der Waals surface area (Å²) in [6.07, 6.45) is 0.712. The van der Waals surface area contributed by atoms with Crippen LogP contribution in [0.2, 0.25) is 5.02 Å². The van der Waals surface area contributed by atoms with Gasteiger partial charge in [-0.2, -0.15) is 5.10 Å². The minimum absolute atomic E-state index is 0.196. The molecule has 4 rings (SSSR count). The van der Waals surface area contributed by atoms with Gasteiger partial charge >= 0.3 is 0 Å². The van der Waals surface area contributed by atoms with Crippen LogP contribution in [0, 0.1) is 6.92 Å². The highest BCUT2D eigenvalue weighted by molar-refractivity contribution is 6.30. The summed E-state index contributed by atoms with van der Waals surface area (Å²) in [7, 11) is 1.55. The first-order chi connectivity index (χ1) is 14.5. The molecule has 30 heavy (non-hydrogen) atoms. The zero-order valence-electron chi connectivity index (χ0n) is 16.8. The smallest absolute Gasteiger partial charge is 0.278 e. The lowest BCUT2D eigenvalue weighted by Crippen LogP contribution is -2.19. The third-order valence-electron chi connectivity index (χ3n) is 4.88. The number of aromatic nitrogens is 4. The van der Waals surface area contributed by atoms with Crippen LogP contribution in [0.4, 0.5) is 5.69 Å². The molecule has 0 radical (unpaired) electrons. The standard InChI is InChI=1S/C22H20ClN5O2/c1-4-16-19(14-9-11-15(23)12-10-14)21-26-25-20(13(2)28(21)27-16)22(29)24-17-7-5-6-8-18(17)30-3/h5-12H,4H2,1-3H3,(H,24,29). The fraction of sp³-hybridized carbons (Fsp3) is 0.182. The maximum atomic E-state index is 12.9. The van der Waals surface area contributed by atoms with Crippen molar-refractivity contribution >= 4 is 28.8 Å². The van der Waals surface area contributed by atoms with Crippen molar-refractivity contribution in [3.05, 3.63) is 70.6 Å². The number of para-hydroxylation sites is 2. The van der Waals surface area contributed by atoms with Gasteiger partial charge in [0.05, 0.1) is 29.7 Å². The Bertz CT molecular complexity index is 1230. The Kier molecular flexibility index (Phi) is 5.37. The van der Waals surface area contributed by atoms with Crippen LogP contribution in [0.5, 0.6) is 5.75 Å². The van der Waals surface area contributed by atoms with Crippen LogP contribution in [0.3, 0.4) is 0 Å². The molecular weight excluding hydrogens is 402 g/mol. The van der Waals surface area contributed by atoms with E-state index in [0.717, 1.165) is 16.8 Å². The first-order valence-electron chi connectivity index (χ1n) is 9.48. The van der Waals surface area contributed by atoms with Crippen LogP contribution in [0.15, 0.2) is 48.5 Å². The molecule has 1 N–H and O–H groups in total. The number of ether oxygens (including phenoxy) is 1. The van der Waals surface area contributed by atoms with Crippen LogP contribution >= 0.6 is 11.6 Å². The number of methoxy groups -OCH3 is 1. The molecule has 0 unspecified atom stereocenters. The molecular formula is C22H20ClN5O2. The summed E-state index contributed by atoms with van der Waals surface area (Å²) in [5, 5.41) is 16.7. The summed E-state index contributed by atoms with van der Waals surface area (Å²) < 4.78 is 6.97. The van der Waals surface area contributed by atoms with Gasteiger partial charge in [0, 0.05) is 5.02 Å². The van der Waals surface area contributed by atoms with E-state index in [1.165, 1.54) is 0 Å². The van der Waals surface area contributed by atoms with Gasteiger partial charge in [-0.25, -0.2) is 4.52 Å². The molecule has 0 saturated carbocycles. The van der Waals surface area contributed by atoms with E-state index >= 15 is 0 Å². The zero-order chi connectivity index (χ0) is 21.3. The van der Waals surface area contributed by atoms with Crippen molar-refractivity contribution in [1.82, 2.24) is 19.8 Å². The lowest BCUT2D eigenvalue weighted by atomic mass is 10.0. The minimum atomic E-state index is -0.381. The fourth-order valence-electron chi connectivity index (χ4n) is 3.35. The van der Waals surface area contributed by atoms with E-state index in [2.05, 4.69) is 20.6 Å². The lowest BCUT2D eigenvalue weighted by molar-refractivity contribution is 0.101. The number of amides is 1. The van der Waals surface area contributed by atoms with E-state index < -0.39 is 0 Å². The Morgan fingerprint density at radius 2 is 1.87 bits per heavy atom. The number of nitrogens with one attached hydrogen (secondary N) is 1. The van der Waals surface area contributed by atoms with Crippen molar-refractivity contribution < 1.29 is 9.53 Å². The number of fused-ring (bicyclic) bond motifs is 1. The molecule has 0 aliphatic rings. The highest BCUT2D eigenvalue weighted by Crippen LogP contribution is 2.30.